The van der Waals surface area contributed by atoms with Crippen molar-refractivity contribution in [1.29, 1.82) is 0 Å². The minimum absolute atomic E-state index is 0.0562. The number of nitrogens with one attached hydrogen (secondary N) is 1. The summed E-state index contributed by atoms with van der Waals surface area (Å²) in [5, 5.41) is 0. The highest BCUT2D eigenvalue weighted by atomic mass is 16.5. The van der Waals surface area contributed by atoms with E-state index in [1.54, 1.807) is 50.6 Å². The van der Waals surface area contributed by atoms with Crippen molar-refractivity contribution in [2.45, 2.75) is 18.8 Å². The first-order valence-electron chi connectivity index (χ1n) is 9.99. The van der Waals surface area contributed by atoms with E-state index in [1.807, 2.05) is 18.2 Å². The SMILES string of the molecule is COc1ccc([C@@H]2CN(C(=O)c3ccncc3)C[C@H]2c2cc(=O)[nH]c(C)n2)cc1OC. The van der Waals surface area contributed by atoms with Crippen LogP contribution in [-0.4, -0.2) is 53.1 Å². The normalized spacial score (nSPS) is 18.1. The van der Waals surface area contributed by atoms with Crippen molar-refractivity contribution in [3.8, 4) is 11.5 Å². The quantitative estimate of drug-likeness (QED) is 0.681. The van der Waals surface area contributed by atoms with Crippen molar-refractivity contribution < 1.29 is 14.3 Å². The van der Waals surface area contributed by atoms with Gasteiger partial charge in [0.05, 0.1) is 19.9 Å². The fraction of sp³-hybridized carbons (Fsp3) is 0.304. The molecular weight excluding hydrogens is 396 g/mol. The third-order valence-corrected chi connectivity index (χ3v) is 5.63. The molecule has 1 N–H and O–H groups in total. The third kappa shape index (κ3) is 4.14. The van der Waals surface area contributed by atoms with Gasteiger partial charge in [-0.2, -0.15) is 0 Å². The van der Waals surface area contributed by atoms with Crippen molar-refractivity contribution in [2.75, 3.05) is 27.3 Å². The van der Waals surface area contributed by atoms with Crippen LogP contribution in [0, 0.1) is 6.92 Å². The molecule has 8 heteroatoms. The number of rotatable bonds is 5. The second kappa shape index (κ2) is 8.59. The second-order valence-electron chi connectivity index (χ2n) is 7.53. The molecule has 1 aliphatic rings. The van der Waals surface area contributed by atoms with Crippen molar-refractivity contribution in [1.82, 2.24) is 19.9 Å². The van der Waals surface area contributed by atoms with Gasteiger partial charge in [-0.25, -0.2) is 4.98 Å². The molecule has 0 saturated carbocycles. The Morgan fingerprint density at radius 2 is 1.74 bits per heavy atom. The zero-order valence-corrected chi connectivity index (χ0v) is 17.7. The van der Waals surface area contributed by atoms with Crippen LogP contribution in [0.25, 0.3) is 0 Å². The lowest BCUT2D eigenvalue weighted by Gasteiger charge is -2.19. The molecule has 1 saturated heterocycles. The number of likely N-dealkylation sites (tertiary alicyclic amines) is 1. The molecule has 0 aliphatic carbocycles. The Morgan fingerprint density at radius 3 is 2.42 bits per heavy atom. The van der Waals surface area contributed by atoms with Gasteiger partial charge in [-0.1, -0.05) is 6.07 Å². The van der Waals surface area contributed by atoms with Crippen LogP contribution in [0.15, 0.2) is 53.6 Å². The van der Waals surface area contributed by atoms with Crippen LogP contribution in [0.4, 0.5) is 0 Å². The van der Waals surface area contributed by atoms with Gasteiger partial charge in [0.2, 0.25) is 0 Å². The summed E-state index contributed by atoms with van der Waals surface area (Å²) in [6, 6.07) is 10.7. The summed E-state index contributed by atoms with van der Waals surface area (Å²) >= 11 is 0. The number of hydrogen-bond donors (Lipinski definition) is 1. The van der Waals surface area contributed by atoms with Gasteiger partial charge in [-0.3, -0.25) is 14.6 Å². The summed E-state index contributed by atoms with van der Waals surface area (Å²) in [6.07, 6.45) is 3.21. The van der Waals surface area contributed by atoms with Gasteiger partial charge in [-0.15, -0.1) is 0 Å². The van der Waals surface area contributed by atoms with E-state index in [9.17, 15) is 9.59 Å². The van der Waals surface area contributed by atoms with Crippen LogP contribution in [-0.2, 0) is 0 Å². The Hall–Kier alpha value is -3.68. The molecule has 1 amide bonds. The number of ether oxygens (including phenoxy) is 2. The van der Waals surface area contributed by atoms with E-state index in [0.29, 0.717) is 41.7 Å². The molecule has 0 radical (unpaired) electrons. The Bertz CT molecular complexity index is 1150. The van der Waals surface area contributed by atoms with Crippen LogP contribution < -0.4 is 15.0 Å². The lowest BCUT2D eigenvalue weighted by molar-refractivity contribution is 0.0789. The number of methoxy groups -OCH3 is 2. The zero-order chi connectivity index (χ0) is 22.0. The maximum atomic E-state index is 13.1. The monoisotopic (exact) mass is 420 g/mol. The summed E-state index contributed by atoms with van der Waals surface area (Å²) in [4.78, 5) is 38.3. The van der Waals surface area contributed by atoms with E-state index in [0.717, 1.165) is 5.56 Å². The van der Waals surface area contributed by atoms with Gasteiger partial charge in [0.15, 0.2) is 11.5 Å². The van der Waals surface area contributed by atoms with Crippen molar-refractivity contribution in [3.05, 3.63) is 81.8 Å². The highest BCUT2D eigenvalue weighted by molar-refractivity contribution is 5.94. The highest BCUT2D eigenvalue weighted by Gasteiger charge is 2.38. The van der Waals surface area contributed by atoms with E-state index >= 15 is 0 Å². The van der Waals surface area contributed by atoms with E-state index in [-0.39, 0.29) is 23.3 Å². The molecule has 31 heavy (non-hydrogen) atoms. The maximum Gasteiger partial charge on any atom is 0.254 e. The fourth-order valence-electron chi connectivity index (χ4n) is 4.16. The summed E-state index contributed by atoms with van der Waals surface area (Å²) in [5.74, 6) is 1.54. The smallest absolute Gasteiger partial charge is 0.254 e. The van der Waals surface area contributed by atoms with Gasteiger partial charge in [0.1, 0.15) is 5.82 Å². The molecule has 3 heterocycles. The average molecular weight is 420 g/mol. The van der Waals surface area contributed by atoms with Crippen LogP contribution >= 0.6 is 0 Å². The van der Waals surface area contributed by atoms with Crippen LogP contribution in [0.2, 0.25) is 0 Å². The molecule has 1 aromatic carbocycles. The summed E-state index contributed by atoms with van der Waals surface area (Å²) in [6.45, 7) is 2.70. The van der Waals surface area contributed by atoms with E-state index < -0.39 is 0 Å². The predicted molar refractivity (Wildman–Crippen MR) is 115 cm³/mol. The fourth-order valence-corrected chi connectivity index (χ4v) is 4.16. The molecule has 4 rings (SSSR count). The maximum absolute atomic E-state index is 13.1. The molecule has 0 unspecified atom stereocenters. The molecule has 1 fully saturated rings. The topological polar surface area (TPSA) is 97.4 Å². The van der Waals surface area contributed by atoms with E-state index in [2.05, 4.69) is 15.0 Å². The van der Waals surface area contributed by atoms with Gasteiger partial charge in [0, 0.05) is 48.9 Å². The second-order valence-corrected chi connectivity index (χ2v) is 7.53. The predicted octanol–water partition coefficient (Wildman–Crippen LogP) is 2.51. The number of hydrogen-bond acceptors (Lipinski definition) is 6. The Labute approximate surface area is 179 Å². The number of amides is 1. The number of aromatic nitrogens is 3. The minimum Gasteiger partial charge on any atom is -0.493 e. The lowest BCUT2D eigenvalue weighted by Crippen LogP contribution is -2.29. The largest absolute Gasteiger partial charge is 0.493 e. The lowest BCUT2D eigenvalue weighted by atomic mass is 9.86. The number of pyridine rings is 1. The molecule has 2 aromatic heterocycles. The van der Waals surface area contributed by atoms with Crippen molar-refractivity contribution in [3.63, 3.8) is 0 Å². The first-order chi connectivity index (χ1) is 15.0. The molecule has 2 atom stereocenters. The highest BCUT2D eigenvalue weighted by Crippen LogP contribution is 2.41. The number of carbonyl (C=O) groups is 1. The first-order valence-corrected chi connectivity index (χ1v) is 9.99. The van der Waals surface area contributed by atoms with E-state index in [4.69, 9.17) is 9.47 Å². The van der Waals surface area contributed by atoms with Gasteiger partial charge in [0.25, 0.3) is 11.5 Å². The number of nitrogens with zero attached hydrogens (tertiary/aromatic N) is 3. The number of carbonyl (C=O) groups excluding carboxylic acids is 1. The van der Waals surface area contributed by atoms with Crippen LogP contribution in [0.1, 0.15) is 39.3 Å². The summed E-state index contributed by atoms with van der Waals surface area (Å²) in [5.41, 5.74) is 2.04. The molecule has 0 bridgehead atoms. The number of benzene rings is 1. The molecule has 0 spiro atoms. The van der Waals surface area contributed by atoms with Crippen molar-refractivity contribution in [2.24, 2.45) is 0 Å². The summed E-state index contributed by atoms with van der Waals surface area (Å²) < 4.78 is 10.8. The first kappa shape index (κ1) is 20.6. The number of aromatic amines is 1. The van der Waals surface area contributed by atoms with Gasteiger partial charge in [-0.05, 0) is 36.8 Å². The third-order valence-electron chi connectivity index (χ3n) is 5.63. The molecule has 3 aromatic rings. The molecule has 160 valence electrons. The van der Waals surface area contributed by atoms with Crippen molar-refractivity contribution >= 4 is 5.91 Å². The Balaban J connectivity index is 1.74. The van der Waals surface area contributed by atoms with Gasteiger partial charge >= 0.3 is 0 Å². The average Bonchev–Trinajstić information content (AvgIpc) is 3.23. The molecule has 1 aliphatic heterocycles. The Kier molecular flexibility index (Phi) is 5.70. The zero-order valence-electron chi connectivity index (χ0n) is 17.7. The number of H-pyrrole nitrogens is 1. The minimum atomic E-state index is -0.201. The summed E-state index contributed by atoms with van der Waals surface area (Å²) in [7, 11) is 3.18. The molecular formula is C23H24N4O4. The number of aryl methyl sites for hydroxylation is 1. The van der Waals surface area contributed by atoms with Crippen LogP contribution in [0.5, 0.6) is 11.5 Å². The molecule has 8 nitrogen and oxygen atoms in total. The standard InChI is InChI=1S/C23H24N4O4/c1-14-25-19(11-22(28)26-14)18-13-27(23(29)15-6-8-24-9-7-15)12-17(18)16-4-5-20(30-2)21(10-16)31-3/h4-11,17-18H,12-13H2,1-3H3,(H,25,26,28)/t17-,18+/m0/s1. The van der Waals surface area contributed by atoms with Gasteiger partial charge < -0.3 is 19.4 Å². The van der Waals surface area contributed by atoms with Crippen LogP contribution in [0.3, 0.4) is 0 Å². The Morgan fingerprint density at radius 1 is 1.03 bits per heavy atom. The van der Waals surface area contributed by atoms with E-state index in [1.165, 1.54) is 6.07 Å².